The van der Waals surface area contributed by atoms with Crippen LogP contribution in [0.2, 0.25) is 0 Å². The summed E-state index contributed by atoms with van der Waals surface area (Å²) in [4.78, 5) is 0. The number of hydrogen-bond donors (Lipinski definition) is 1. The molecule has 1 atom stereocenters. The van der Waals surface area contributed by atoms with Crippen molar-refractivity contribution in [1.82, 2.24) is 10.2 Å². The van der Waals surface area contributed by atoms with E-state index in [-0.39, 0.29) is 6.04 Å². The largest absolute Gasteiger partial charge is 0.421 e. The van der Waals surface area contributed by atoms with E-state index in [0.29, 0.717) is 11.8 Å². The number of aromatic nitrogens is 2. The van der Waals surface area contributed by atoms with E-state index in [1.54, 1.807) is 6.92 Å². The first-order valence-corrected chi connectivity index (χ1v) is 6.95. The van der Waals surface area contributed by atoms with Crippen LogP contribution in [0.1, 0.15) is 24.4 Å². The highest BCUT2D eigenvalue weighted by molar-refractivity contribution is 5.72. The maximum atomic E-state index is 5.54. The zero-order valence-corrected chi connectivity index (χ0v) is 12.1. The van der Waals surface area contributed by atoms with Gasteiger partial charge in [0.25, 0.3) is 0 Å². The lowest BCUT2D eigenvalue weighted by atomic mass is 10.1. The number of benzene rings is 2. The topological polar surface area (TPSA) is 51.0 Å². The number of para-hydroxylation sites is 1. The minimum absolute atomic E-state index is 0.191. The highest BCUT2D eigenvalue weighted by atomic mass is 16.4. The summed E-state index contributed by atoms with van der Waals surface area (Å²) in [5.74, 6) is 1.10. The number of hydrogen-bond acceptors (Lipinski definition) is 4. The van der Waals surface area contributed by atoms with E-state index < -0.39 is 0 Å². The fourth-order valence-corrected chi connectivity index (χ4v) is 2.26. The fourth-order valence-electron chi connectivity index (χ4n) is 2.26. The monoisotopic (exact) mass is 279 g/mol. The average molecular weight is 279 g/mol. The molecule has 1 N–H and O–H groups in total. The fraction of sp³-hybridized carbons (Fsp3) is 0.176. The molecular weight excluding hydrogens is 262 g/mol. The van der Waals surface area contributed by atoms with Crippen molar-refractivity contribution in [2.24, 2.45) is 0 Å². The molecule has 21 heavy (non-hydrogen) atoms. The Kier molecular flexibility index (Phi) is 3.69. The van der Waals surface area contributed by atoms with Crippen LogP contribution >= 0.6 is 0 Å². The Bertz CT molecular complexity index is 722. The van der Waals surface area contributed by atoms with Gasteiger partial charge in [0, 0.05) is 18.7 Å². The van der Waals surface area contributed by atoms with E-state index >= 15 is 0 Å². The van der Waals surface area contributed by atoms with Crippen LogP contribution in [0.4, 0.5) is 5.69 Å². The third kappa shape index (κ3) is 2.94. The summed E-state index contributed by atoms with van der Waals surface area (Å²) >= 11 is 0. The Labute approximate surface area is 123 Å². The predicted molar refractivity (Wildman–Crippen MR) is 83.0 cm³/mol. The Balaban J connectivity index is 1.89. The molecule has 1 heterocycles. The third-order valence-electron chi connectivity index (χ3n) is 3.36. The van der Waals surface area contributed by atoms with Crippen molar-refractivity contribution in [3.8, 4) is 11.5 Å². The first-order chi connectivity index (χ1) is 10.2. The second-order valence-corrected chi connectivity index (χ2v) is 4.95. The lowest BCUT2D eigenvalue weighted by molar-refractivity contribution is 0.533. The maximum Gasteiger partial charge on any atom is 0.249 e. The van der Waals surface area contributed by atoms with Crippen LogP contribution < -0.4 is 5.32 Å². The van der Waals surface area contributed by atoms with Gasteiger partial charge in [0.2, 0.25) is 11.8 Å². The zero-order chi connectivity index (χ0) is 14.7. The van der Waals surface area contributed by atoms with Crippen molar-refractivity contribution in [1.29, 1.82) is 0 Å². The lowest BCUT2D eigenvalue weighted by Crippen LogP contribution is -2.07. The van der Waals surface area contributed by atoms with E-state index in [4.69, 9.17) is 4.42 Å². The summed E-state index contributed by atoms with van der Waals surface area (Å²) in [6, 6.07) is 18.5. The van der Waals surface area contributed by atoms with Gasteiger partial charge in [0.05, 0.1) is 5.56 Å². The Morgan fingerprint density at radius 1 is 0.952 bits per heavy atom. The molecule has 1 aromatic heterocycles. The summed E-state index contributed by atoms with van der Waals surface area (Å²) in [5, 5.41) is 11.5. The summed E-state index contributed by atoms with van der Waals surface area (Å²) in [5.41, 5.74) is 3.13. The van der Waals surface area contributed by atoms with Crippen molar-refractivity contribution in [2.45, 2.75) is 19.9 Å². The molecule has 0 spiro atoms. The predicted octanol–water partition coefficient (Wildman–Crippen LogP) is 4.22. The number of anilines is 1. The maximum absolute atomic E-state index is 5.54. The van der Waals surface area contributed by atoms with Gasteiger partial charge in [-0.05, 0) is 24.6 Å². The summed E-state index contributed by atoms with van der Waals surface area (Å²) in [6.07, 6.45) is 0. The SMILES string of the molecule is Cc1nnc(-c2ccccc2NC(C)c2ccccc2)o1. The van der Waals surface area contributed by atoms with Crippen molar-refractivity contribution in [2.75, 3.05) is 5.32 Å². The minimum Gasteiger partial charge on any atom is -0.421 e. The van der Waals surface area contributed by atoms with Crippen molar-refractivity contribution in [3.63, 3.8) is 0 Å². The van der Waals surface area contributed by atoms with Gasteiger partial charge in [-0.3, -0.25) is 0 Å². The van der Waals surface area contributed by atoms with Gasteiger partial charge >= 0.3 is 0 Å². The van der Waals surface area contributed by atoms with Crippen molar-refractivity contribution >= 4 is 5.69 Å². The quantitative estimate of drug-likeness (QED) is 0.777. The molecule has 106 valence electrons. The Morgan fingerprint density at radius 3 is 2.38 bits per heavy atom. The van der Waals surface area contributed by atoms with Crippen molar-refractivity contribution < 1.29 is 4.42 Å². The van der Waals surface area contributed by atoms with Gasteiger partial charge in [-0.15, -0.1) is 10.2 Å². The molecule has 0 saturated heterocycles. The van der Waals surface area contributed by atoms with Gasteiger partial charge < -0.3 is 9.73 Å². The molecule has 3 rings (SSSR count). The highest BCUT2D eigenvalue weighted by Crippen LogP contribution is 2.29. The molecule has 2 aromatic carbocycles. The molecule has 4 heteroatoms. The summed E-state index contributed by atoms with van der Waals surface area (Å²) in [6.45, 7) is 3.92. The van der Waals surface area contributed by atoms with E-state index in [1.165, 1.54) is 5.56 Å². The summed E-state index contributed by atoms with van der Waals surface area (Å²) in [7, 11) is 0. The standard InChI is InChI=1S/C17H17N3O/c1-12(14-8-4-3-5-9-14)18-16-11-7-6-10-15(16)17-20-19-13(2)21-17/h3-12,18H,1-2H3. The van der Waals surface area contributed by atoms with Gasteiger partial charge in [-0.1, -0.05) is 42.5 Å². The zero-order valence-electron chi connectivity index (χ0n) is 12.1. The van der Waals surface area contributed by atoms with Crippen LogP contribution in [0.3, 0.4) is 0 Å². The molecule has 0 bridgehead atoms. The number of nitrogens with one attached hydrogen (secondary N) is 1. The van der Waals surface area contributed by atoms with E-state index in [9.17, 15) is 0 Å². The highest BCUT2D eigenvalue weighted by Gasteiger charge is 2.13. The molecule has 4 nitrogen and oxygen atoms in total. The molecule has 1 unspecified atom stereocenters. The van der Waals surface area contributed by atoms with Gasteiger partial charge in [-0.2, -0.15) is 0 Å². The van der Waals surface area contributed by atoms with E-state index in [0.717, 1.165) is 11.3 Å². The molecule has 0 aliphatic rings. The first kappa shape index (κ1) is 13.4. The van der Waals surface area contributed by atoms with Gasteiger partial charge in [0.1, 0.15) is 0 Å². The molecule has 0 aliphatic carbocycles. The minimum atomic E-state index is 0.191. The van der Waals surface area contributed by atoms with E-state index in [2.05, 4.69) is 34.6 Å². The van der Waals surface area contributed by atoms with Crippen LogP contribution in [0.15, 0.2) is 59.0 Å². The van der Waals surface area contributed by atoms with Gasteiger partial charge in [0.15, 0.2) is 0 Å². The Morgan fingerprint density at radius 2 is 1.67 bits per heavy atom. The molecule has 0 saturated carbocycles. The van der Waals surface area contributed by atoms with Gasteiger partial charge in [-0.25, -0.2) is 0 Å². The first-order valence-electron chi connectivity index (χ1n) is 6.95. The molecule has 0 fully saturated rings. The van der Waals surface area contributed by atoms with Crippen LogP contribution in [0, 0.1) is 6.92 Å². The third-order valence-corrected chi connectivity index (χ3v) is 3.36. The van der Waals surface area contributed by atoms with Crippen LogP contribution in [0.5, 0.6) is 0 Å². The second kappa shape index (κ2) is 5.79. The number of nitrogens with zero attached hydrogens (tertiary/aromatic N) is 2. The molecular formula is C17H17N3O. The van der Waals surface area contributed by atoms with Crippen LogP contribution in [-0.4, -0.2) is 10.2 Å². The van der Waals surface area contributed by atoms with Crippen LogP contribution in [-0.2, 0) is 0 Å². The van der Waals surface area contributed by atoms with Crippen molar-refractivity contribution in [3.05, 3.63) is 66.1 Å². The van der Waals surface area contributed by atoms with Crippen LogP contribution in [0.25, 0.3) is 11.5 Å². The summed E-state index contributed by atoms with van der Waals surface area (Å²) < 4.78 is 5.54. The average Bonchev–Trinajstić information content (AvgIpc) is 2.95. The molecule has 0 radical (unpaired) electrons. The molecule has 0 aliphatic heterocycles. The Hall–Kier alpha value is -2.62. The molecule has 3 aromatic rings. The number of aryl methyl sites for hydroxylation is 1. The normalized spacial score (nSPS) is 12.1. The number of rotatable bonds is 4. The molecule has 0 amide bonds. The van der Waals surface area contributed by atoms with E-state index in [1.807, 2.05) is 42.5 Å². The lowest BCUT2D eigenvalue weighted by Gasteiger charge is -2.17. The second-order valence-electron chi connectivity index (χ2n) is 4.95. The smallest absolute Gasteiger partial charge is 0.249 e.